The van der Waals surface area contributed by atoms with Crippen LogP contribution in [0.15, 0.2) is 36.4 Å². The van der Waals surface area contributed by atoms with Gasteiger partial charge in [-0.25, -0.2) is 20.1 Å². The van der Waals surface area contributed by atoms with E-state index in [2.05, 4.69) is 29.7 Å². The number of imidazole rings is 1. The summed E-state index contributed by atoms with van der Waals surface area (Å²) in [5.74, 6) is 1.50. The van der Waals surface area contributed by atoms with Crippen molar-refractivity contribution < 1.29 is 17.4 Å². The first-order chi connectivity index (χ1) is 16.8. The zero-order valence-corrected chi connectivity index (χ0v) is 20.7. The molecule has 1 aliphatic carbocycles. The van der Waals surface area contributed by atoms with Crippen LogP contribution in [-0.4, -0.2) is 57.8 Å². The number of hydrogen-bond acceptors (Lipinski definition) is 10. The van der Waals surface area contributed by atoms with Gasteiger partial charge in [-0.1, -0.05) is 0 Å². The van der Waals surface area contributed by atoms with E-state index in [9.17, 15) is 13.2 Å². The molecule has 0 bridgehead atoms. The minimum atomic E-state index is -3.95. The molecule has 2 aliphatic rings. The number of rotatable bonds is 9. The second-order valence-corrected chi connectivity index (χ2v) is 11.1. The van der Waals surface area contributed by atoms with Crippen LogP contribution in [0.3, 0.4) is 0 Å². The zero-order valence-electron chi connectivity index (χ0n) is 19.0. The lowest BCUT2D eigenvalue weighted by molar-refractivity contribution is 0.104. The van der Waals surface area contributed by atoms with Gasteiger partial charge in [0, 0.05) is 44.3 Å². The summed E-state index contributed by atoms with van der Waals surface area (Å²) >= 11 is 1.42. The molecule has 11 nitrogen and oxygen atoms in total. The second kappa shape index (κ2) is 10.1. The Morgan fingerprint density at radius 2 is 2.17 bits per heavy atom. The van der Waals surface area contributed by atoms with E-state index < -0.39 is 10.3 Å². The van der Waals surface area contributed by atoms with Crippen molar-refractivity contribution in [1.82, 2.24) is 24.4 Å². The van der Waals surface area contributed by atoms with Crippen molar-refractivity contribution in [3.63, 3.8) is 0 Å². The Bertz CT molecular complexity index is 1310. The lowest BCUT2D eigenvalue weighted by Crippen LogP contribution is -2.33. The van der Waals surface area contributed by atoms with Crippen LogP contribution in [0, 0.1) is 5.92 Å². The fourth-order valence-electron chi connectivity index (χ4n) is 4.68. The van der Waals surface area contributed by atoms with Crippen molar-refractivity contribution in [2.75, 3.05) is 18.5 Å². The van der Waals surface area contributed by atoms with E-state index in [1.165, 1.54) is 23.9 Å². The van der Waals surface area contributed by atoms with Crippen LogP contribution in [0.2, 0.25) is 0 Å². The lowest BCUT2D eigenvalue weighted by atomic mass is 10.1. The number of carbonyl (C=O) groups excluding carboxylic acids is 1. The molecule has 3 aromatic heterocycles. The Labute approximate surface area is 207 Å². The maximum Gasteiger partial charge on any atom is 0.333 e. The molecule has 1 aliphatic heterocycles. The summed E-state index contributed by atoms with van der Waals surface area (Å²) in [5.41, 5.74) is 1.52. The van der Waals surface area contributed by atoms with E-state index in [0.717, 1.165) is 50.4 Å². The monoisotopic (exact) mass is 517 g/mol. The minimum Gasteiger partial charge on any atom is -0.367 e. The molecular formula is C22H27N7O4S2. The third-order valence-corrected chi connectivity index (χ3v) is 7.86. The fourth-order valence-corrected chi connectivity index (χ4v) is 5.92. The molecule has 0 amide bonds. The van der Waals surface area contributed by atoms with Crippen molar-refractivity contribution in [3.05, 3.63) is 58.2 Å². The zero-order chi connectivity index (χ0) is 24.4. The van der Waals surface area contributed by atoms with E-state index in [0.29, 0.717) is 22.7 Å². The number of nitrogens with zero attached hydrogens (tertiary/aromatic N) is 5. The number of anilines is 1. The molecule has 5 rings (SSSR count). The summed E-state index contributed by atoms with van der Waals surface area (Å²) < 4.78 is 29.0. The molecule has 0 saturated heterocycles. The number of hydrogen-bond donors (Lipinski definition) is 2. The van der Waals surface area contributed by atoms with Crippen LogP contribution in [0.5, 0.6) is 0 Å². The summed E-state index contributed by atoms with van der Waals surface area (Å²) in [5, 5.41) is 10.3. The number of aromatic nitrogens is 4. The number of thiophene rings is 1. The summed E-state index contributed by atoms with van der Waals surface area (Å²) in [4.78, 5) is 29.1. The van der Waals surface area contributed by atoms with Crippen molar-refractivity contribution >= 4 is 33.2 Å². The van der Waals surface area contributed by atoms with Crippen LogP contribution in [-0.2, 0) is 34.1 Å². The maximum atomic E-state index is 13.3. The number of nitrogens with two attached hydrogens (primary N) is 1. The Hall–Kier alpha value is -2.71. The minimum absolute atomic E-state index is 0.0519. The molecule has 1 unspecified atom stereocenters. The highest BCUT2D eigenvalue weighted by atomic mass is 32.2. The summed E-state index contributed by atoms with van der Waals surface area (Å²) in [6.45, 7) is 3.46. The van der Waals surface area contributed by atoms with Gasteiger partial charge in [0.2, 0.25) is 5.78 Å². The third kappa shape index (κ3) is 5.93. The highest BCUT2D eigenvalue weighted by Gasteiger charge is 2.28. The molecule has 3 aromatic rings. The molecule has 186 valence electrons. The fraction of sp³-hybridized carbons (Fsp3) is 0.455. The maximum absolute atomic E-state index is 13.3. The largest absolute Gasteiger partial charge is 0.367 e. The molecule has 0 spiro atoms. The second-order valence-electron chi connectivity index (χ2n) is 8.98. The van der Waals surface area contributed by atoms with Crippen LogP contribution < -0.4 is 10.5 Å². The van der Waals surface area contributed by atoms with Crippen molar-refractivity contribution in [3.8, 4) is 0 Å². The first-order valence-electron chi connectivity index (χ1n) is 11.4. The number of nitrogens with one attached hydrogen (secondary N) is 1. The highest BCUT2D eigenvalue weighted by molar-refractivity contribution is 7.84. The van der Waals surface area contributed by atoms with Gasteiger partial charge in [0.25, 0.3) is 0 Å². The molecule has 35 heavy (non-hydrogen) atoms. The SMILES string of the molecule is NS(=O)(=O)OCC1CC[C@H](Nc2ncncc2C(=O)c2cc(CN3CCn4ccnc4C3)cs2)C1. The first kappa shape index (κ1) is 24.0. The molecule has 3 N–H and O–H groups in total. The molecule has 1 saturated carbocycles. The highest BCUT2D eigenvalue weighted by Crippen LogP contribution is 2.30. The Morgan fingerprint density at radius 3 is 3.03 bits per heavy atom. The molecular weight excluding hydrogens is 490 g/mol. The van der Waals surface area contributed by atoms with Gasteiger partial charge in [-0.3, -0.25) is 13.9 Å². The molecule has 0 radical (unpaired) electrons. The van der Waals surface area contributed by atoms with E-state index in [4.69, 9.17) is 9.32 Å². The Balaban J connectivity index is 1.21. The Morgan fingerprint density at radius 1 is 1.29 bits per heavy atom. The van der Waals surface area contributed by atoms with E-state index in [1.807, 2.05) is 23.8 Å². The van der Waals surface area contributed by atoms with Crippen LogP contribution >= 0.6 is 11.3 Å². The predicted octanol–water partition coefficient (Wildman–Crippen LogP) is 1.78. The Kier molecular flexibility index (Phi) is 6.93. The number of fused-ring (bicyclic) bond motifs is 1. The van der Waals surface area contributed by atoms with Gasteiger partial charge in [-0.15, -0.1) is 11.3 Å². The quantitative estimate of drug-likeness (QED) is 0.406. The van der Waals surface area contributed by atoms with Gasteiger partial charge in [-0.05, 0) is 42.2 Å². The van der Waals surface area contributed by atoms with Crippen molar-refractivity contribution in [2.24, 2.45) is 11.1 Å². The van der Waals surface area contributed by atoms with Crippen LogP contribution in [0.1, 0.15) is 45.9 Å². The molecule has 1 fully saturated rings. The smallest absolute Gasteiger partial charge is 0.333 e. The normalized spacial score (nSPS) is 20.6. The van der Waals surface area contributed by atoms with Gasteiger partial charge in [-0.2, -0.15) is 8.42 Å². The van der Waals surface area contributed by atoms with Gasteiger partial charge in [0.05, 0.1) is 23.6 Å². The van der Waals surface area contributed by atoms with Crippen molar-refractivity contribution in [1.29, 1.82) is 0 Å². The molecule has 2 atom stereocenters. The molecule has 13 heteroatoms. The summed E-state index contributed by atoms with van der Waals surface area (Å²) in [6.07, 6.45) is 9.10. The third-order valence-electron chi connectivity index (χ3n) is 6.41. The van der Waals surface area contributed by atoms with E-state index >= 15 is 0 Å². The van der Waals surface area contributed by atoms with Crippen LogP contribution in [0.4, 0.5) is 5.82 Å². The van der Waals surface area contributed by atoms with Gasteiger partial charge in [0.1, 0.15) is 18.0 Å². The van der Waals surface area contributed by atoms with Crippen molar-refractivity contribution in [2.45, 2.75) is 44.9 Å². The average molecular weight is 518 g/mol. The van der Waals surface area contributed by atoms with E-state index in [1.54, 1.807) is 0 Å². The summed E-state index contributed by atoms with van der Waals surface area (Å²) in [7, 11) is -3.95. The number of ketones is 1. The number of carbonyl (C=O) groups is 1. The van der Waals surface area contributed by atoms with Gasteiger partial charge in [0.15, 0.2) is 0 Å². The van der Waals surface area contributed by atoms with Gasteiger partial charge < -0.3 is 9.88 Å². The van der Waals surface area contributed by atoms with Gasteiger partial charge >= 0.3 is 10.3 Å². The standard InChI is InChI=1S/C22H27N7O4S2/c23-35(31,32)33-12-15-1-2-17(7-15)27-22-18(9-24-14-26-22)21(30)19-8-16(13-34-19)10-28-5-6-29-4-3-25-20(29)11-28/h3-4,8-9,13-15,17H,1-2,5-7,10-12H2,(H2,23,31,32)(H,24,26,27)/t15?,17-/m0/s1. The van der Waals surface area contributed by atoms with E-state index in [-0.39, 0.29) is 24.3 Å². The first-order valence-corrected chi connectivity index (χ1v) is 13.8. The average Bonchev–Trinajstić information content (AvgIpc) is 3.58. The predicted molar refractivity (Wildman–Crippen MR) is 130 cm³/mol. The lowest BCUT2D eigenvalue weighted by Gasteiger charge is -2.27. The topological polar surface area (TPSA) is 145 Å². The molecule has 0 aromatic carbocycles. The molecule has 4 heterocycles. The summed E-state index contributed by atoms with van der Waals surface area (Å²) in [6, 6.07) is 2.00. The van der Waals surface area contributed by atoms with Crippen LogP contribution in [0.25, 0.3) is 0 Å².